The van der Waals surface area contributed by atoms with Crippen molar-refractivity contribution < 1.29 is 14.5 Å². The van der Waals surface area contributed by atoms with E-state index in [1.165, 1.54) is 57.4 Å². The van der Waals surface area contributed by atoms with E-state index in [1.54, 1.807) is 4.90 Å². The SMILES string of the molecule is c1ccc([C@H](c2nnnn2C[C@@H]2CCCO2)[NH+]2CC[NH+](C3CCCC3)CC2)cc1. The molecule has 2 aromatic rings. The van der Waals surface area contributed by atoms with Gasteiger partial charge in [0.25, 0.3) is 0 Å². The average molecular weight is 399 g/mol. The summed E-state index contributed by atoms with van der Waals surface area (Å²) >= 11 is 0. The lowest BCUT2D eigenvalue weighted by Crippen LogP contribution is -3.29. The molecule has 29 heavy (non-hydrogen) atoms. The standard InChI is InChI=1S/C22H32N6O/c1-2-7-18(8-3-1)21(22-23-24-25-28(22)17-20-11-6-16-29-20)27-14-12-26(13-15-27)19-9-4-5-10-19/h1-3,7-8,19-21H,4-6,9-17H2/p+2/t20-,21+/m0/s1. The van der Waals surface area contributed by atoms with Gasteiger partial charge < -0.3 is 14.5 Å². The molecule has 2 atom stereocenters. The van der Waals surface area contributed by atoms with Gasteiger partial charge in [-0.1, -0.05) is 30.3 Å². The molecule has 0 spiro atoms. The summed E-state index contributed by atoms with van der Waals surface area (Å²) in [7, 11) is 0. The Hall–Kier alpha value is -1.83. The van der Waals surface area contributed by atoms with Crippen molar-refractivity contribution >= 4 is 0 Å². The maximum absolute atomic E-state index is 5.86. The Morgan fingerprint density at radius 1 is 1.00 bits per heavy atom. The number of nitrogens with one attached hydrogen (secondary N) is 2. The zero-order chi connectivity index (χ0) is 19.5. The number of nitrogens with zero attached hydrogens (tertiary/aromatic N) is 4. The van der Waals surface area contributed by atoms with Crippen LogP contribution in [0.15, 0.2) is 30.3 Å². The number of aromatic nitrogens is 4. The Labute approximate surface area is 173 Å². The maximum Gasteiger partial charge on any atom is 0.214 e. The molecule has 3 aliphatic rings. The largest absolute Gasteiger partial charge is 0.376 e. The van der Waals surface area contributed by atoms with Crippen molar-refractivity contribution in [1.82, 2.24) is 20.2 Å². The predicted octanol–water partition coefficient (Wildman–Crippen LogP) is -0.332. The van der Waals surface area contributed by atoms with E-state index in [1.807, 2.05) is 9.58 Å². The number of hydrogen-bond donors (Lipinski definition) is 2. The van der Waals surface area contributed by atoms with E-state index in [0.29, 0.717) is 0 Å². The third-order valence-corrected chi connectivity index (χ3v) is 7.23. The predicted molar refractivity (Wildman–Crippen MR) is 109 cm³/mol. The molecule has 2 aliphatic heterocycles. The summed E-state index contributed by atoms with van der Waals surface area (Å²) in [5, 5.41) is 13.0. The molecule has 2 saturated heterocycles. The fraction of sp³-hybridized carbons (Fsp3) is 0.682. The molecule has 0 bridgehead atoms. The van der Waals surface area contributed by atoms with Gasteiger partial charge in [-0.2, -0.15) is 0 Å². The molecule has 1 aromatic heterocycles. The van der Waals surface area contributed by atoms with Crippen LogP contribution in [0.3, 0.4) is 0 Å². The van der Waals surface area contributed by atoms with E-state index in [2.05, 4.69) is 45.9 Å². The van der Waals surface area contributed by atoms with Gasteiger partial charge in [0, 0.05) is 12.2 Å². The zero-order valence-electron chi connectivity index (χ0n) is 17.3. The Balaban J connectivity index is 1.36. The highest BCUT2D eigenvalue weighted by molar-refractivity contribution is 5.22. The summed E-state index contributed by atoms with van der Waals surface area (Å²) < 4.78 is 7.87. The van der Waals surface area contributed by atoms with Gasteiger partial charge in [0.2, 0.25) is 5.82 Å². The fourth-order valence-corrected chi connectivity index (χ4v) is 5.67. The van der Waals surface area contributed by atoms with Crippen molar-refractivity contribution in [3.63, 3.8) is 0 Å². The van der Waals surface area contributed by atoms with Crippen molar-refractivity contribution in [2.45, 2.75) is 63.3 Å². The van der Waals surface area contributed by atoms with Gasteiger partial charge in [0.05, 0.1) is 18.7 Å². The number of quaternary nitrogens is 2. The van der Waals surface area contributed by atoms with Crippen LogP contribution in [0.2, 0.25) is 0 Å². The second-order valence-corrected chi connectivity index (χ2v) is 9.00. The van der Waals surface area contributed by atoms with Gasteiger partial charge in [0.1, 0.15) is 26.2 Å². The van der Waals surface area contributed by atoms with E-state index < -0.39 is 0 Å². The summed E-state index contributed by atoms with van der Waals surface area (Å²) in [5.74, 6) is 0.992. The highest BCUT2D eigenvalue weighted by atomic mass is 16.5. The third kappa shape index (κ3) is 4.22. The van der Waals surface area contributed by atoms with Crippen molar-refractivity contribution in [2.24, 2.45) is 0 Å². The molecule has 1 aliphatic carbocycles. The third-order valence-electron chi connectivity index (χ3n) is 7.23. The van der Waals surface area contributed by atoms with Crippen LogP contribution in [0, 0.1) is 0 Å². The molecule has 156 valence electrons. The summed E-state index contributed by atoms with van der Waals surface area (Å²) in [6, 6.07) is 11.9. The molecule has 7 nitrogen and oxygen atoms in total. The molecular formula is C22H34N6O+2. The van der Waals surface area contributed by atoms with E-state index >= 15 is 0 Å². The molecule has 0 amide bonds. The quantitative estimate of drug-likeness (QED) is 0.700. The van der Waals surface area contributed by atoms with Crippen molar-refractivity contribution in [2.75, 3.05) is 32.8 Å². The fourth-order valence-electron chi connectivity index (χ4n) is 5.67. The maximum atomic E-state index is 5.86. The summed E-state index contributed by atoms with van der Waals surface area (Å²) in [6.07, 6.45) is 8.18. The van der Waals surface area contributed by atoms with E-state index in [-0.39, 0.29) is 12.1 Å². The number of tetrazole rings is 1. The Bertz CT molecular complexity index is 761. The van der Waals surface area contributed by atoms with Gasteiger partial charge in [-0.15, -0.1) is 5.10 Å². The molecule has 5 rings (SSSR count). The minimum atomic E-state index is 0.192. The van der Waals surface area contributed by atoms with E-state index in [0.717, 1.165) is 37.9 Å². The lowest BCUT2D eigenvalue weighted by molar-refractivity contribution is -1.03. The number of piperazine rings is 1. The Morgan fingerprint density at radius 2 is 1.79 bits per heavy atom. The first-order chi connectivity index (χ1) is 14.4. The first kappa shape index (κ1) is 19.2. The van der Waals surface area contributed by atoms with Gasteiger partial charge >= 0.3 is 0 Å². The van der Waals surface area contributed by atoms with Crippen LogP contribution < -0.4 is 9.80 Å². The van der Waals surface area contributed by atoms with Gasteiger partial charge in [0.15, 0.2) is 6.04 Å². The van der Waals surface area contributed by atoms with Gasteiger partial charge in [-0.05, 0) is 49.0 Å². The minimum absolute atomic E-state index is 0.192. The highest BCUT2D eigenvalue weighted by Crippen LogP contribution is 2.20. The van der Waals surface area contributed by atoms with Crippen LogP contribution >= 0.6 is 0 Å². The second kappa shape index (κ2) is 8.90. The molecule has 0 radical (unpaired) electrons. The second-order valence-electron chi connectivity index (χ2n) is 9.00. The first-order valence-electron chi connectivity index (χ1n) is 11.5. The topological polar surface area (TPSA) is 61.7 Å². The molecular weight excluding hydrogens is 364 g/mol. The Kier molecular flexibility index (Phi) is 5.88. The smallest absolute Gasteiger partial charge is 0.214 e. The molecule has 7 heteroatoms. The molecule has 1 aromatic carbocycles. The number of hydrogen-bond acceptors (Lipinski definition) is 4. The summed E-state index contributed by atoms with van der Waals surface area (Å²) in [6.45, 7) is 6.50. The molecule has 1 saturated carbocycles. The van der Waals surface area contributed by atoms with Crippen molar-refractivity contribution in [3.05, 3.63) is 41.7 Å². The minimum Gasteiger partial charge on any atom is -0.376 e. The lowest BCUT2D eigenvalue weighted by Gasteiger charge is -2.36. The number of ether oxygens (including phenoxy) is 1. The number of benzene rings is 1. The van der Waals surface area contributed by atoms with Crippen LogP contribution in [-0.2, 0) is 11.3 Å². The van der Waals surface area contributed by atoms with Crippen molar-refractivity contribution in [3.8, 4) is 0 Å². The van der Waals surface area contributed by atoms with E-state index in [4.69, 9.17) is 4.74 Å². The monoisotopic (exact) mass is 398 g/mol. The van der Waals surface area contributed by atoms with Crippen LogP contribution in [-0.4, -0.2) is 65.1 Å². The highest BCUT2D eigenvalue weighted by Gasteiger charge is 2.38. The first-order valence-corrected chi connectivity index (χ1v) is 11.5. The molecule has 3 heterocycles. The Morgan fingerprint density at radius 3 is 2.52 bits per heavy atom. The molecule has 3 fully saturated rings. The van der Waals surface area contributed by atoms with Gasteiger partial charge in [-0.25, -0.2) is 4.68 Å². The normalized spacial score (nSPS) is 29.3. The van der Waals surface area contributed by atoms with E-state index in [9.17, 15) is 0 Å². The summed E-state index contributed by atoms with van der Waals surface area (Å²) in [5.41, 5.74) is 1.32. The van der Waals surface area contributed by atoms with Crippen LogP contribution in [0.1, 0.15) is 56.0 Å². The van der Waals surface area contributed by atoms with Crippen LogP contribution in [0.5, 0.6) is 0 Å². The van der Waals surface area contributed by atoms with Crippen LogP contribution in [0.4, 0.5) is 0 Å². The lowest BCUT2D eigenvalue weighted by atomic mass is 10.0. The van der Waals surface area contributed by atoms with Crippen LogP contribution in [0.25, 0.3) is 0 Å². The van der Waals surface area contributed by atoms with Gasteiger partial charge in [-0.3, -0.25) is 0 Å². The van der Waals surface area contributed by atoms with Crippen molar-refractivity contribution in [1.29, 1.82) is 0 Å². The average Bonchev–Trinajstić information content (AvgIpc) is 3.54. The zero-order valence-corrected chi connectivity index (χ0v) is 17.3. The summed E-state index contributed by atoms with van der Waals surface area (Å²) in [4.78, 5) is 3.43. The molecule has 2 N–H and O–H groups in total. The molecule has 0 unspecified atom stereocenters. The number of rotatable bonds is 6.